The smallest absolute Gasteiger partial charge is 0.276 e. The Balaban J connectivity index is 1.41. The Hall–Kier alpha value is -1.79. The average Bonchev–Trinajstić information content (AvgIpc) is 3.43. The number of hydrogen-bond acceptors (Lipinski definition) is 5. The zero-order valence-corrected chi connectivity index (χ0v) is 17.1. The second-order valence-corrected chi connectivity index (χ2v) is 9.51. The van der Waals surface area contributed by atoms with Gasteiger partial charge in [0.15, 0.2) is 11.6 Å². The van der Waals surface area contributed by atoms with Crippen molar-refractivity contribution in [2.45, 2.75) is 31.8 Å². The van der Waals surface area contributed by atoms with Crippen molar-refractivity contribution < 1.29 is 9.21 Å². The van der Waals surface area contributed by atoms with E-state index in [0.717, 1.165) is 25.7 Å². The molecule has 0 unspecified atom stereocenters. The topological polar surface area (TPSA) is 49.6 Å². The van der Waals surface area contributed by atoms with Gasteiger partial charge in [-0.25, -0.2) is 4.98 Å². The molecule has 2 aromatic rings. The first-order valence-corrected chi connectivity index (χ1v) is 11.5. The third-order valence-corrected chi connectivity index (χ3v) is 7.69. The van der Waals surface area contributed by atoms with E-state index in [2.05, 4.69) is 50.8 Å². The highest BCUT2D eigenvalue weighted by Crippen LogP contribution is 2.46. The Bertz CT molecular complexity index is 833. The number of rotatable bonds is 3. The Morgan fingerprint density at radius 2 is 1.93 bits per heavy atom. The maximum Gasteiger partial charge on any atom is 0.276 e. The SMILES string of the molecule is Cc1nc(C(=O)N2C[C@@H]3CN(C4CCSCC4)C[C@@H]3[C@H]2c2ccccc2)co1. The van der Waals surface area contributed by atoms with Crippen molar-refractivity contribution in [1.29, 1.82) is 0 Å². The van der Waals surface area contributed by atoms with Crippen molar-refractivity contribution in [3.63, 3.8) is 0 Å². The molecule has 3 aliphatic rings. The molecule has 1 aromatic carbocycles. The summed E-state index contributed by atoms with van der Waals surface area (Å²) in [7, 11) is 0. The van der Waals surface area contributed by atoms with Gasteiger partial charge >= 0.3 is 0 Å². The zero-order chi connectivity index (χ0) is 19.1. The molecule has 4 heterocycles. The van der Waals surface area contributed by atoms with Crippen LogP contribution in [0.25, 0.3) is 0 Å². The monoisotopic (exact) mass is 397 g/mol. The molecule has 28 heavy (non-hydrogen) atoms. The van der Waals surface area contributed by atoms with Gasteiger partial charge in [-0.2, -0.15) is 11.8 Å². The summed E-state index contributed by atoms with van der Waals surface area (Å²) in [6.45, 7) is 4.81. The quantitative estimate of drug-likeness (QED) is 0.792. The van der Waals surface area contributed by atoms with Crippen LogP contribution in [0.2, 0.25) is 0 Å². The lowest BCUT2D eigenvalue weighted by atomic mass is 9.89. The minimum atomic E-state index is 0.000666. The van der Waals surface area contributed by atoms with Crippen molar-refractivity contribution in [3.05, 3.63) is 53.7 Å². The predicted molar refractivity (Wildman–Crippen MR) is 110 cm³/mol. The number of carbonyl (C=O) groups excluding carboxylic acids is 1. The molecule has 148 valence electrons. The second-order valence-electron chi connectivity index (χ2n) is 8.29. The number of amides is 1. The van der Waals surface area contributed by atoms with E-state index in [4.69, 9.17) is 4.42 Å². The lowest BCUT2D eigenvalue weighted by Crippen LogP contribution is -2.40. The molecule has 0 spiro atoms. The molecule has 0 saturated carbocycles. The fourth-order valence-corrected chi connectivity index (χ4v) is 6.40. The van der Waals surface area contributed by atoms with Gasteiger partial charge in [-0.05, 0) is 35.8 Å². The average molecular weight is 398 g/mol. The highest BCUT2D eigenvalue weighted by molar-refractivity contribution is 7.99. The van der Waals surface area contributed by atoms with Crippen molar-refractivity contribution in [2.75, 3.05) is 31.1 Å². The van der Waals surface area contributed by atoms with Crippen molar-refractivity contribution in [2.24, 2.45) is 11.8 Å². The second kappa shape index (κ2) is 7.56. The van der Waals surface area contributed by atoms with Crippen LogP contribution in [0.5, 0.6) is 0 Å². The van der Waals surface area contributed by atoms with E-state index in [1.807, 2.05) is 6.07 Å². The van der Waals surface area contributed by atoms with Crippen LogP contribution >= 0.6 is 11.8 Å². The first kappa shape index (κ1) is 18.3. The van der Waals surface area contributed by atoms with Crippen LogP contribution in [0.1, 0.15) is 40.8 Å². The standard InChI is InChI=1S/C22H27N3O2S/c1-15-23-20(14-27-15)22(26)25-12-17-11-24(18-7-9-28-10-8-18)13-19(17)21(25)16-5-3-2-4-6-16/h2-6,14,17-19,21H,7-13H2,1H3/t17-,19-,21+/m0/s1. The van der Waals surface area contributed by atoms with Crippen LogP contribution in [-0.2, 0) is 0 Å². The number of hydrogen-bond donors (Lipinski definition) is 0. The van der Waals surface area contributed by atoms with E-state index in [9.17, 15) is 4.79 Å². The number of nitrogens with zero attached hydrogens (tertiary/aromatic N) is 3. The summed E-state index contributed by atoms with van der Waals surface area (Å²) in [5, 5.41) is 0. The molecule has 3 aliphatic heterocycles. The molecule has 3 atom stereocenters. The van der Waals surface area contributed by atoms with Crippen LogP contribution in [0.4, 0.5) is 0 Å². The number of carbonyl (C=O) groups is 1. The predicted octanol–water partition coefficient (Wildman–Crippen LogP) is 3.62. The fraction of sp³-hybridized carbons (Fsp3) is 0.545. The highest BCUT2D eigenvalue weighted by atomic mass is 32.2. The summed E-state index contributed by atoms with van der Waals surface area (Å²) in [6.07, 6.45) is 4.11. The van der Waals surface area contributed by atoms with Gasteiger partial charge in [0, 0.05) is 38.5 Å². The van der Waals surface area contributed by atoms with E-state index in [-0.39, 0.29) is 11.9 Å². The van der Waals surface area contributed by atoms with E-state index in [1.165, 1.54) is 36.2 Å². The number of thioether (sulfide) groups is 1. The summed E-state index contributed by atoms with van der Waals surface area (Å²) in [6, 6.07) is 11.4. The molecular weight excluding hydrogens is 370 g/mol. The lowest BCUT2D eigenvalue weighted by Gasteiger charge is -2.34. The number of aryl methyl sites for hydroxylation is 1. The summed E-state index contributed by atoms with van der Waals surface area (Å²) in [5.74, 6) is 4.15. The molecule has 3 fully saturated rings. The molecule has 0 aliphatic carbocycles. The Labute approximate surface area is 170 Å². The van der Waals surface area contributed by atoms with Crippen LogP contribution in [0.15, 0.2) is 41.0 Å². The summed E-state index contributed by atoms with van der Waals surface area (Å²) in [5.41, 5.74) is 1.67. The van der Waals surface area contributed by atoms with E-state index in [1.54, 1.807) is 6.92 Å². The van der Waals surface area contributed by atoms with Crippen LogP contribution in [-0.4, -0.2) is 57.9 Å². The van der Waals surface area contributed by atoms with E-state index in [0.29, 0.717) is 23.4 Å². The minimum Gasteiger partial charge on any atom is -0.448 e. The summed E-state index contributed by atoms with van der Waals surface area (Å²) < 4.78 is 5.31. The fourth-order valence-electron chi connectivity index (χ4n) is 5.32. The lowest BCUT2D eigenvalue weighted by molar-refractivity contribution is 0.0685. The van der Waals surface area contributed by atoms with Crippen molar-refractivity contribution in [3.8, 4) is 0 Å². The summed E-state index contributed by atoms with van der Waals surface area (Å²) >= 11 is 2.08. The molecule has 5 nitrogen and oxygen atoms in total. The maximum atomic E-state index is 13.2. The van der Waals surface area contributed by atoms with Gasteiger partial charge in [-0.15, -0.1) is 0 Å². The number of oxazole rings is 1. The molecule has 0 bridgehead atoms. The van der Waals surface area contributed by atoms with Gasteiger partial charge in [0.1, 0.15) is 6.26 Å². The van der Waals surface area contributed by atoms with Crippen molar-refractivity contribution >= 4 is 17.7 Å². The largest absolute Gasteiger partial charge is 0.448 e. The molecule has 5 rings (SSSR count). The molecule has 6 heteroatoms. The Morgan fingerprint density at radius 1 is 1.14 bits per heavy atom. The zero-order valence-electron chi connectivity index (χ0n) is 16.3. The third-order valence-electron chi connectivity index (χ3n) is 6.64. The minimum absolute atomic E-state index is 0.000666. The number of benzene rings is 1. The molecule has 0 radical (unpaired) electrons. The number of likely N-dealkylation sites (tertiary alicyclic amines) is 2. The first-order chi connectivity index (χ1) is 13.7. The van der Waals surface area contributed by atoms with Gasteiger partial charge in [-0.1, -0.05) is 30.3 Å². The molecule has 0 N–H and O–H groups in total. The molecular formula is C22H27N3O2S. The molecule has 3 saturated heterocycles. The van der Waals surface area contributed by atoms with Gasteiger partial charge in [0.25, 0.3) is 5.91 Å². The molecule has 1 aromatic heterocycles. The number of fused-ring (bicyclic) bond motifs is 1. The Morgan fingerprint density at radius 3 is 2.64 bits per heavy atom. The maximum absolute atomic E-state index is 13.2. The van der Waals surface area contributed by atoms with Crippen LogP contribution < -0.4 is 0 Å². The van der Waals surface area contributed by atoms with Gasteiger partial charge in [-0.3, -0.25) is 9.69 Å². The van der Waals surface area contributed by atoms with Gasteiger partial charge < -0.3 is 9.32 Å². The molecule has 1 amide bonds. The van der Waals surface area contributed by atoms with Crippen LogP contribution in [0, 0.1) is 18.8 Å². The highest BCUT2D eigenvalue weighted by Gasteiger charge is 2.50. The van der Waals surface area contributed by atoms with Crippen LogP contribution in [0.3, 0.4) is 0 Å². The van der Waals surface area contributed by atoms with Gasteiger partial charge in [0.05, 0.1) is 6.04 Å². The van der Waals surface area contributed by atoms with Gasteiger partial charge in [0.2, 0.25) is 0 Å². The Kier molecular flexibility index (Phi) is 4.93. The van der Waals surface area contributed by atoms with E-state index < -0.39 is 0 Å². The third kappa shape index (κ3) is 3.26. The van der Waals surface area contributed by atoms with Crippen molar-refractivity contribution in [1.82, 2.24) is 14.8 Å². The normalized spacial score (nSPS) is 28.6. The van der Waals surface area contributed by atoms with E-state index >= 15 is 0 Å². The summed E-state index contributed by atoms with van der Waals surface area (Å²) in [4.78, 5) is 22.3. The number of aromatic nitrogens is 1. The first-order valence-electron chi connectivity index (χ1n) is 10.3.